The summed E-state index contributed by atoms with van der Waals surface area (Å²) in [6.07, 6.45) is 3.82. The number of urea groups is 1. The Bertz CT molecular complexity index is 1470. The maximum absolute atomic E-state index is 14.2. The summed E-state index contributed by atoms with van der Waals surface area (Å²) in [5, 5.41) is 2.96. The third-order valence-electron chi connectivity index (χ3n) is 7.28. The molecule has 1 N–H and O–H groups in total. The van der Waals surface area contributed by atoms with Crippen molar-refractivity contribution >= 4 is 23.3 Å². The molecule has 1 aliphatic heterocycles. The normalized spacial score (nSPS) is 15.8. The van der Waals surface area contributed by atoms with E-state index in [1.165, 1.54) is 0 Å². The molecule has 7 heteroatoms. The van der Waals surface area contributed by atoms with E-state index < -0.39 is 0 Å². The predicted molar refractivity (Wildman–Crippen MR) is 148 cm³/mol. The number of carbonyl (C=O) groups excluding carboxylic acids is 2. The Kier molecular flexibility index (Phi) is 6.12. The highest BCUT2D eigenvalue weighted by Gasteiger charge is 2.40. The molecule has 1 saturated carbocycles. The van der Waals surface area contributed by atoms with Crippen LogP contribution in [0.2, 0.25) is 0 Å². The Balaban J connectivity index is 1.33. The third-order valence-corrected chi connectivity index (χ3v) is 7.28. The van der Waals surface area contributed by atoms with Crippen LogP contribution in [0.5, 0.6) is 5.75 Å². The second-order valence-corrected chi connectivity index (χ2v) is 9.89. The summed E-state index contributed by atoms with van der Waals surface area (Å²) in [6.45, 7) is 2.05. The molecule has 2 heterocycles. The summed E-state index contributed by atoms with van der Waals surface area (Å²) in [5.74, 6) is 0.597. The molecule has 1 fully saturated rings. The average molecular weight is 507 g/mol. The van der Waals surface area contributed by atoms with Crippen LogP contribution in [-0.2, 0) is 4.79 Å². The standard InChI is InChI=1S/C31H30N4O3/c1-21-9-11-22(12-10-21)30-28-8-5-19-33(28)26-6-3-4-7-27(26)35(30)29(36)20-34(24-15-16-24)31(37)32-23-13-17-25(38-2)18-14-23/h3-14,17-19,24,30H,15-16,20H2,1-2H3,(H,32,37). The number of nitrogens with one attached hydrogen (secondary N) is 1. The first-order valence-electron chi connectivity index (χ1n) is 12.9. The van der Waals surface area contributed by atoms with Crippen molar-refractivity contribution < 1.29 is 14.3 Å². The van der Waals surface area contributed by atoms with E-state index in [2.05, 4.69) is 47.1 Å². The van der Waals surface area contributed by atoms with Crippen molar-refractivity contribution in [2.24, 2.45) is 0 Å². The maximum atomic E-state index is 14.2. The molecule has 192 valence electrons. The average Bonchev–Trinajstić information content (AvgIpc) is 3.66. The number of carbonyl (C=O) groups is 2. The van der Waals surface area contributed by atoms with Gasteiger partial charge in [-0.1, -0.05) is 42.0 Å². The lowest BCUT2D eigenvalue weighted by atomic mass is 9.97. The first kappa shape index (κ1) is 23.9. The number of hydrogen-bond acceptors (Lipinski definition) is 3. The van der Waals surface area contributed by atoms with E-state index in [1.807, 2.05) is 41.4 Å². The molecular weight excluding hydrogens is 476 g/mol. The van der Waals surface area contributed by atoms with Crippen LogP contribution in [0.3, 0.4) is 0 Å². The van der Waals surface area contributed by atoms with Crippen LogP contribution >= 0.6 is 0 Å². The van der Waals surface area contributed by atoms with Gasteiger partial charge in [-0.2, -0.15) is 0 Å². The van der Waals surface area contributed by atoms with E-state index in [1.54, 1.807) is 36.3 Å². The summed E-state index contributed by atoms with van der Waals surface area (Å²) in [5.41, 5.74) is 5.64. The van der Waals surface area contributed by atoms with Gasteiger partial charge in [0.2, 0.25) is 5.91 Å². The maximum Gasteiger partial charge on any atom is 0.322 e. The van der Waals surface area contributed by atoms with Gasteiger partial charge in [0.25, 0.3) is 0 Å². The SMILES string of the molecule is COc1ccc(NC(=O)N(CC(=O)N2c3ccccc3-n3cccc3C2c2ccc(C)cc2)C2CC2)cc1. The van der Waals surface area contributed by atoms with Crippen LogP contribution in [0, 0.1) is 6.92 Å². The van der Waals surface area contributed by atoms with E-state index >= 15 is 0 Å². The highest BCUT2D eigenvalue weighted by Crippen LogP contribution is 2.42. The molecule has 3 aromatic carbocycles. The Morgan fingerprint density at radius 2 is 1.63 bits per heavy atom. The van der Waals surface area contributed by atoms with Gasteiger partial charge in [-0.15, -0.1) is 0 Å². The van der Waals surface area contributed by atoms with Gasteiger partial charge in [-0.3, -0.25) is 9.69 Å². The number of rotatable bonds is 6. The second-order valence-electron chi connectivity index (χ2n) is 9.89. The lowest BCUT2D eigenvalue weighted by Crippen LogP contribution is -2.48. The Hall–Kier alpha value is -4.52. The van der Waals surface area contributed by atoms with Gasteiger partial charge in [0.15, 0.2) is 0 Å². The number of aryl methyl sites for hydroxylation is 1. The molecule has 1 unspecified atom stereocenters. The number of methoxy groups -OCH3 is 1. The van der Waals surface area contributed by atoms with Gasteiger partial charge < -0.3 is 19.5 Å². The Morgan fingerprint density at radius 1 is 0.921 bits per heavy atom. The summed E-state index contributed by atoms with van der Waals surface area (Å²) >= 11 is 0. The number of anilines is 2. The number of fused-ring (bicyclic) bond motifs is 3. The topological polar surface area (TPSA) is 66.8 Å². The first-order chi connectivity index (χ1) is 18.5. The molecule has 1 aliphatic carbocycles. The number of ether oxygens (including phenoxy) is 1. The highest BCUT2D eigenvalue weighted by atomic mass is 16.5. The summed E-state index contributed by atoms with van der Waals surface area (Å²) in [6, 6.07) is 27.0. The molecule has 2 aliphatic rings. The van der Waals surface area contributed by atoms with Crippen molar-refractivity contribution in [3.8, 4) is 11.4 Å². The van der Waals surface area contributed by atoms with Crippen LogP contribution < -0.4 is 15.0 Å². The van der Waals surface area contributed by atoms with Gasteiger partial charge in [0.05, 0.1) is 24.2 Å². The van der Waals surface area contributed by atoms with Crippen molar-refractivity contribution in [3.05, 3.63) is 108 Å². The van der Waals surface area contributed by atoms with E-state index in [9.17, 15) is 9.59 Å². The number of amides is 3. The van der Waals surface area contributed by atoms with Gasteiger partial charge in [0.1, 0.15) is 18.3 Å². The van der Waals surface area contributed by atoms with Gasteiger partial charge >= 0.3 is 6.03 Å². The molecule has 1 atom stereocenters. The molecule has 38 heavy (non-hydrogen) atoms. The van der Waals surface area contributed by atoms with E-state index in [0.29, 0.717) is 11.4 Å². The second kappa shape index (κ2) is 9.74. The lowest BCUT2D eigenvalue weighted by molar-refractivity contribution is -0.119. The fourth-order valence-corrected chi connectivity index (χ4v) is 5.17. The summed E-state index contributed by atoms with van der Waals surface area (Å²) in [7, 11) is 1.60. The van der Waals surface area contributed by atoms with E-state index in [-0.39, 0.29) is 30.6 Å². The van der Waals surface area contributed by atoms with Crippen molar-refractivity contribution in [2.45, 2.75) is 31.8 Å². The highest BCUT2D eigenvalue weighted by molar-refractivity contribution is 6.01. The summed E-state index contributed by atoms with van der Waals surface area (Å²) < 4.78 is 7.37. The lowest BCUT2D eigenvalue weighted by Gasteiger charge is -2.39. The monoisotopic (exact) mass is 506 g/mol. The molecule has 4 aromatic rings. The van der Waals surface area contributed by atoms with E-state index in [4.69, 9.17) is 4.74 Å². The number of benzene rings is 3. The molecule has 3 amide bonds. The smallest absolute Gasteiger partial charge is 0.322 e. The van der Waals surface area contributed by atoms with Gasteiger partial charge in [-0.05, 0) is 73.9 Å². The zero-order chi connectivity index (χ0) is 26.2. The van der Waals surface area contributed by atoms with Crippen molar-refractivity contribution in [3.63, 3.8) is 0 Å². The predicted octanol–water partition coefficient (Wildman–Crippen LogP) is 5.93. The molecule has 1 aromatic heterocycles. The minimum atomic E-state index is -0.307. The van der Waals surface area contributed by atoms with E-state index in [0.717, 1.165) is 41.0 Å². The van der Waals surface area contributed by atoms with Crippen molar-refractivity contribution in [2.75, 3.05) is 23.9 Å². The van der Waals surface area contributed by atoms with Crippen LogP contribution in [0.25, 0.3) is 5.69 Å². The summed E-state index contributed by atoms with van der Waals surface area (Å²) in [4.78, 5) is 31.1. The fraction of sp³-hybridized carbons (Fsp3) is 0.226. The fourth-order valence-electron chi connectivity index (χ4n) is 5.17. The zero-order valence-corrected chi connectivity index (χ0v) is 21.5. The quantitative estimate of drug-likeness (QED) is 0.353. The molecule has 6 rings (SSSR count). The first-order valence-corrected chi connectivity index (χ1v) is 12.9. The molecule has 7 nitrogen and oxygen atoms in total. The van der Waals surface area contributed by atoms with Gasteiger partial charge in [-0.25, -0.2) is 4.79 Å². The molecular formula is C31H30N4O3. The van der Waals surface area contributed by atoms with Crippen LogP contribution in [-0.4, -0.2) is 41.1 Å². The third kappa shape index (κ3) is 4.41. The molecule has 0 radical (unpaired) electrons. The van der Waals surface area contributed by atoms with Crippen LogP contribution in [0.15, 0.2) is 91.1 Å². The largest absolute Gasteiger partial charge is 0.497 e. The zero-order valence-electron chi connectivity index (χ0n) is 21.5. The Labute approximate surface area is 222 Å². The van der Waals surface area contributed by atoms with Crippen LogP contribution in [0.1, 0.15) is 35.7 Å². The van der Waals surface area contributed by atoms with Crippen molar-refractivity contribution in [1.29, 1.82) is 0 Å². The number of hydrogen-bond donors (Lipinski definition) is 1. The Morgan fingerprint density at radius 3 is 2.32 bits per heavy atom. The van der Waals surface area contributed by atoms with Crippen molar-refractivity contribution in [1.82, 2.24) is 9.47 Å². The number of para-hydroxylation sites is 2. The molecule has 0 bridgehead atoms. The molecule has 0 spiro atoms. The van der Waals surface area contributed by atoms with Crippen LogP contribution in [0.4, 0.5) is 16.2 Å². The molecule has 0 saturated heterocycles. The van der Waals surface area contributed by atoms with Gasteiger partial charge in [0, 0.05) is 17.9 Å². The minimum absolute atomic E-state index is 0.00986. The number of aromatic nitrogens is 1. The number of nitrogens with zero attached hydrogens (tertiary/aromatic N) is 3. The minimum Gasteiger partial charge on any atom is -0.497 e.